The van der Waals surface area contributed by atoms with Crippen LogP contribution in [0.4, 0.5) is 0 Å². The van der Waals surface area contributed by atoms with Gasteiger partial charge in [0.2, 0.25) is 0 Å². The van der Waals surface area contributed by atoms with Gasteiger partial charge in [0.05, 0.1) is 5.69 Å². The summed E-state index contributed by atoms with van der Waals surface area (Å²) in [6.07, 6.45) is 3.85. The Balaban J connectivity index is 2.24. The van der Waals surface area contributed by atoms with E-state index in [1.165, 1.54) is 10.7 Å². The van der Waals surface area contributed by atoms with E-state index in [2.05, 4.69) is 5.10 Å². The summed E-state index contributed by atoms with van der Waals surface area (Å²) < 4.78 is 1.32. The number of benzene rings is 1. The smallest absolute Gasteiger partial charge is 0.266 e. The molecule has 1 aromatic carbocycles. The minimum absolute atomic E-state index is 0.100. The first-order valence-electron chi connectivity index (χ1n) is 5.03. The third kappa shape index (κ3) is 2.45. The molecule has 0 bridgehead atoms. The van der Waals surface area contributed by atoms with Gasteiger partial charge in [-0.1, -0.05) is 36.4 Å². The molecule has 0 unspecified atom stereocenters. The van der Waals surface area contributed by atoms with Gasteiger partial charge in [-0.05, 0) is 17.7 Å². The Morgan fingerprint density at radius 2 is 1.81 bits per heavy atom. The van der Waals surface area contributed by atoms with Crippen molar-refractivity contribution < 1.29 is 0 Å². The molecule has 0 saturated carbocycles. The molecule has 0 fully saturated rings. The maximum Gasteiger partial charge on any atom is 0.266 e. The van der Waals surface area contributed by atoms with Crippen molar-refractivity contribution >= 4 is 12.2 Å². The first-order chi connectivity index (χ1) is 7.75. The molecule has 16 heavy (non-hydrogen) atoms. The zero-order valence-electron chi connectivity index (χ0n) is 9.00. The molecule has 0 aliphatic carbocycles. The van der Waals surface area contributed by atoms with Crippen molar-refractivity contribution in [1.29, 1.82) is 0 Å². The summed E-state index contributed by atoms with van der Waals surface area (Å²) >= 11 is 0. The Morgan fingerprint density at radius 3 is 2.50 bits per heavy atom. The van der Waals surface area contributed by atoms with Crippen LogP contribution in [0.5, 0.6) is 0 Å². The molecule has 0 aliphatic rings. The van der Waals surface area contributed by atoms with Crippen molar-refractivity contribution in [2.24, 2.45) is 7.05 Å². The highest BCUT2D eigenvalue weighted by Crippen LogP contribution is 2.04. The van der Waals surface area contributed by atoms with Gasteiger partial charge in [0, 0.05) is 13.1 Å². The Morgan fingerprint density at radius 1 is 1.06 bits per heavy atom. The molecule has 0 atom stereocenters. The number of aryl methyl sites for hydroxylation is 1. The number of aromatic nitrogens is 2. The van der Waals surface area contributed by atoms with Gasteiger partial charge >= 0.3 is 0 Å². The van der Waals surface area contributed by atoms with E-state index >= 15 is 0 Å². The van der Waals surface area contributed by atoms with E-state index in [-0.39, 0.29) is 5.56 Å². The van der Waals surface area contributed by atoms with Crippen LogP contribution in [0.1, 0.15) is 11.3 Å². The van der Waals surface area contributed by atoms with Crippen LogP contribution in [0.25, 0.3) is 12.2 Å². The van der Waals surface area contributed by atoms with Crippen molar-refractivity contribution in [2.75, 3.05) is 0 Å². The molecule has 0 spiro atoms. The SMILES string of the molecule is Cn1nc(/C=C/c2ccccc2)ccc1=O. The fourth-order valence-corrected chi connectivity index (χ4v) is 1.36. The maximum absolute atomic E-state index is 11.1. The first-order valence-corrected chi connectivity index (χ1v) is 5.03. The third-order valence-electron chi connectivity index (χ3n) is 2.23. The van der Waals surface area contributed by atoms with Crippen molar-refractivity contribution in [3.63, 3.8) is 0 Å². The van der Waals surface area contributed by atoms with Crippen LogP contribution in [0.15, 0.2) is 47.3 Å². The highest BCUT2D eigenvalue weighted by molar-refractivity contribution is 5.67. The number of hydrogen-bond donors (Lipinski definition) is 0. The van der Waals surface area contributed by atoms with Gasteiger partial charge in [0.1, 0.15) is 0 Å². The van der Waals surface area contributed by atoms with Gasteiger partial charge < -0.3 is 0 Å². The highest BCUT2D eigenvalue weighted by Gasteiger charge is 1.92. The summed E-state index contributed by atoms with van der Waals surface area (Å²) in [6.45, 7) is 0. The average Bonchev–Trinajstić information content (AvgIpc) is 2.32. The zero-order chi connectivity index (χ0) is 11.4. The maximum atomic E-state index is 11.1. The van der Waals surface area contributed by atoms with Crippen LogP contribution in [-0.4, -0.2) is 9.78 Å². The lowest BCUT2D eigenvalue weighted by Gasteiger charge is -1.96. The quantitative estimate of drug-likeness (QED) is 0.762. The average molecular weight is 212 g/mol. The fourth-order valence-electron chi connectivity index (χ4n) is 1.36. The number of rotatable bonds is 2. The molecule has 1 aromatic heterocycles. The predicted octanol–water partition coefficient (Wildman–Crippen LogP) is 1.95. The lowest BCUT2D eigenvalue weighted by Crippen LogP contribution is -2.18. The van der Waals surface area contributed by atoms with Crippen LogP contribution >= 0.6 is 0 Å². The predicted molar refractivity (Wildman–Crippen MR) is 64.8 cm³/mol. The van der Waals surface area contributed by atoms with Crippen LogP contribution in [0.3, 0.4) is 0 Å². The van der Waals surface area contributed by atoms with Crippen molar-refractivity contribution in [3.05, 3.63) is 64.1 Å². The van der Waals surface area contributed by atoms with E-state index in [4.69, 9.17) is 0 Å². The summed E-state index contributed by atoms with van der Waals surface area (Å²) in [4.78, 5) is 11.1. The molecule has 0 saturated heterocycles. The second-order valence-corrected chi connectivity index (χ2v) is 3.46. The Hall–Kier alpha value is -2.16. The lowest BCUT2D eigenvalue weighted by atomic mass is 10.2. The molecule has 0 aliphatic heterocycles. The molecule has 3 heteroatoms. The molecule has 80 valence electrons. The van der Waals surface area contributed by atoms with E-state index in [1.54, 1.807) is 13.1 Å². The number of nitrogens with zero attached hydrogens (tertiary/aromatic N) is 2. The van der Waals surface area contributed by atoms with Gasteiger partial charge in [-0.25, -0.2) is 4.68 Å². The second-order valence-electron chi connectivity index (χ2n) is 3.46. The topological polar surface area (TPSA) is 34.9 Å². The highest BCUT2D eigenvalue weighted by atomic mass is 16.1. The van der Waals surface area contributed by atoms with Crippen LogP contribution < -0.4 is 5.56 Å². The minimum Gasteiger partial charge on any atom is -0.268 e. The fraction of sp³-hybridized carbons (Fsp3) is 0.0769. The van der Waals surface area contributed by atoms with Gasteiger partial charge in [-0.3, -0.25) is 4.79 Å². The Kier molecular flexibility index (Phi) is 2.96. The zero-order valence-corrected chi connectivity index (χ0v) is 9.00. The standard InChI is InChI=1S/C13H12N2O/c1-15-13(16)10-9-12(14-15)8-7-11-5-3-2-4-6-11/h2-10H,1H3/b8-7+. The van der Waals surface area contributed by atoms with Crippen molar-refractivity contribution in [1.82, 2.24) is 9.78 Å². The van der Waals surface area contributed by atoms with E-state index in [9.17, 15) is 4.79 Å². The first kappa shape index (κ1) is 10.4. The van der Waals surface area contributed by atoms with Crippen LogP contribution in [-0.2, 0) is 7.05 Å². The summed E-state index contributed by atoms with van der Waals surface area (Å²) in [7, 11) is 1.64. The second kappa shape index (κ2) is 4.57. The van der Waals surface area contributed by atoms with Gasteiger partial charge in [0.15, 0.2) is 0 Å². The largest absolute Gasteiger partial charge is 0.268 e. The monoisotopic (exact) mass is 212 g/mol. The molecular formula is C13H12N2O. The van der Waals surface area contributed by atoms with E-state index < -0.39 is 0 Å². The normalized spacial score (nSPS) is 10.8. The molecule has 0 amide bonds. The third-order valence-corrected chi connectivity index (χ3v) is 2.23. The van der Waals surface area contributed by atoms with E-state index in [0.717, 1.165) is 11.3 Å². The number of hydrogen-bond acceptors (Lipinski definition) is 2. The van der Waals surface area contributed by atoms with Crippen LogP contribution in [0.2, 0.25) is 0 Å². The summed E-state index contributed by atoms with van der Waals surface area (Å²) in [5, 5.41) is 4.11. The Labute approximate surface area is 93.7 Å². The van der Waals surface area contributed by atoms with Gasteiger partial charge in [-0.15, -0.1) is 0 Å². The van der Waals surface area contributed by atoms with Gasteiger partial charge in [-0.2, -0.15) is 5.10 Å². The van der Waals surface area contributed by atoms with E-state index in [0.29, 0.717) is 0 Å². The minimum atomic E-state index is -0.100. The molecule has 0 N–H and O–H groups in total. The van der Waals surface area contributed by atoms with Crippen molar-refractivity contribution in [2.45, 2.75) is 0 Å². The van der Waals surface area contributed by atoms with Crippen LogP contribution in [0, 0.1) is 0 Å². The summed E-state index contributed by atoms with van der Waals surface area (Å²) in [6, 6.07) is 13.2. The summed E-state index contributed by atoms with van der Waals surface area (Å²) in [5.41, 5.74) is 1.78. The summed E-state index contributed by atoms with van der Waals surface area (Å²) in [5.74, 6) is 0. The van der Waals surface area contributed by atoms with Gasteiger partial charge in [0.25, 0.3) is 5.56 Å². The molecule has 2 rings (SSSR count). The molecule has 0 radical (unpaired) electrons. The van der Waals surface area contributed by atoms with E-state index in [1.807, 2.05) is 42.5 Å². The molecule has 1 heterocycles. The lowest BCUT2D eigenvalue weighted by molar-refractivity contribution is 0.703. The Bertz CT molecular complexity index is 556. The molecular weight excluding hydrogens is 200 g/mol. The molecule has 3 nitrogen and oxygen atoms in total. The van der Waals surface area contributed by atoms with Crippen molar-refractivity contribution in [3.8, 4) is 0 Å². The molecule has 2 aromatic rings.